The molecule has 0 radical (unpaired) electrons. The van der Waals surface area contributed by atoms with Crippen LogP contribution in [0, 0.1) is 38.0 Å². The van der Waals surface area contributed by atoms with Gasteiger partial charge in [0.05, 0.1) is 6.61 Å². The van der Waals surface area contributed by atoms with Gasteiger partial charge in [0.25, 0.3) is 0 Å². The Kier molecular flexibility index (Phi) is 19.2. The van der Waals surface area contributed by atoms with Gasteiger partial charge in [-0.3, -0.25) is 6.79 Å². The second-order valence-electron chi connectivity index (χ2n) is 8.31. The van der Waals surface area contributed by atoms with Crippen LogP contribution >= 0.6 is 0 Å². The summed E-state index contributed by atoms with van der Waals surface area (Å²) in [6.07, 6.45) is 6.86. The molecule has 4 N–H and O–H groups in total. The third-order valence-corrected chi connectivity index (χ3v) is 5.99. The molecule has 0 spiro atoms. The maximum Gasteiger partial charge on any atom is 2.00 e. The number of benzene rings is 1. The number of phenols is 1. The number of halogens is 2. The topological polar surface area (TPSA) is 120 Å². The Labute approximate surface area is 248 Å². The molecule has 38 heavy (non-hydrogen) atoms. The zero-order valence-electron chi connectivity index (χ0n) is 22.6. The van der Waals surface area contributed by atoms with Gasteiger partial charge in [0.1, 0.15) is 17.2 Å². The van der Waals surface area contributed by atoms with Crippen molar-refractivity contribution in [1.82, 2.24) is 10.2 Å². The molecule has 1 aromatic carbocycles. The van der Waals surface area contributed by atoms with Crippen LogP contribution in [0.3, 0.4) is 0 Å². The molecule has 0 saturated heterocycles. The van der Waals surface area contributed by atoms with Crippen molar-refractivity contribution in [2.45, 2.75) is 91.5 Å². The number of hydrogen-bond donors (Lipinski definition) is 3. The van der Waals surface area contributed by atoms with E-state index in [9.17, 15) is 13.9 Å². The Bertz CT molecular complexity index is 954. The molecule has 1 aliphatic rings. The predicted molar refractivity (Wildman–Crippen MR) is 141 cm³/mol. The number of nitrogens with two attached hydrogens (primary N) is 1. The van der Waals surface area contributed by atoms with Gasteiger partial charge in [-0.05, 0) is 42.9 Å². The van der Waals surface area contributed by atoms with E-state index in [-0.39, 0.29) is 61.8 Å². The van der Waals surface area contributed by atoms with E-state index >= 15 is 0 Å². The molecule has 2 heterocycles. The minimum Gasteiger partial charge on any atom is -0.545 e. The normalized spacial score (nSPS) is 12.9. The van der Waals surface area contributed by atoms with Gasteiger partial charge in [-0.2, -0.15) is 15.7 Å². The fourth-order valence-electron chi connectivity index (χ4n) is 4.27. The van der Waals surface area contributed by atoms with Crippen LogP contribution in [0.2, 0.25) is 0 Å². The number of nitrogens with zero attached hydrogens (tertiary/aromatic N) is 2. The Morgan fingerprint density at radius 2 is 1.95 bits per heavy atom. The van der Waals surface area contributed by atoms with Crippen LogP contribution < -0.4 is 15.8 Å². The van der Waals surface area contributed by atoms with E-state index in [1.807, 2.05) is 0 Å². The molecule has 1 aliphatic heterocycles. The van der Waals surface area contributed by atoms with E-state index in [4.69, 9.17) is 15.3 Å². The van der Waals surface area contributed by atoms with Gasteiger partial charge in [0.15, 0.2) is 5.82 Å². The number of aromatic nitrogens is 2. The van der Waals surface area contributed by atoms with Crippen molar-refractivity contribution in [3.8, 4) is 22.8 Å². The molecule has 0 bridgehead atoms. The number of unbranched alkanes of at least 4 members (excludes halogenated alkanes) is 2. The second kappa shape index (κ2) is 20.2. The summed E-state index contributed by atoms with van der Waals surface area (Å²) in [5.41, 5.74) is 9.35. The largest absolute Gasteiger partial charge is 2.00 e. The van der Waals surface area contributed by atoms with Gasteiger partial charge in [0, 0.05) is 36.4 Å². The van der Waals surface area contributed by atoms with E-state index in [0.29, 0.717) is 35.7 Å². The number of phenolic OH excluding ortho intramolecular Hbond substituents is 1. The Balaban J connectivity index is 0.00000261. The molecule has 8 nitrogen and oxygen atoms in total. The molecular formula is C27H40F2N4O4U. The Hall–Kier alpha value is -1.80. The van der Waals surface area contributed by atoms with Gasteiger partial charge in [-0.15, -0.1) is 10.2 Å². The molecule has 1 aromatic heterocycles. The maximum absolute atomic E-state index is 12.7. The molecule has 0 amide bonds. The molecule has 210 valence electrons. The zero-order chi connectivity index (χ0) is 27.8. The standard InChI is InChI=1S/C24H34F2N4O3.C2H5.CHO.U/c1-3-5-6-8-16(4-2)28-23-19(13-27)18-9-7-10-32-14-15-11-17(33-24(25)26)12-20(31)21(15)22(18)29-30-23;2*1-2;/h11-12,16,24,31H,3-10,13-14,27H2,1-2H3,(H,28,30);1H2,2H3;1H;/q;2*-1;+2. The van der Waals surface area contributed by atoms with Crippen molar-refractivity contribution in [2.24, 2.45) is 5.73 Å². The van der Waals surface area contributed by atoms with Crippen molar-refractivity contribution < 1.29 is 59.3 Å². The number of fused-ring (bicyclic) bond motifs is 3. The third-order valence-electron chi connectivity index (χ3n) is 5.99. The average molecular weight is 761 g/mol. The third kappa shape index (κ3) is 10.4. The summed E-state index contributed by atoms with van der Waals surface area (Å²) in [4.78, 5) is 7.75. The van der Waals surface area contributed by atoms with Crippen LogP contribution in [-0.2, 0) is 29.1 Å². The SMILES string of the molecule is CCCCCC(CC)Nc1nnc2c(c1CN)CCCOCc1cc(OC(F)F)cc(O)c1-2.[CH-]=O.[CH2-]C.[U+2]. The summed E-state index contributed by atoms with van der Waals surface area (Å²) < 4.78 is 35.7. The van der Waals surface area contributed by atoms with Gasteiger partial charge in [-0.1, -0.05) is 33.1 Å². The molecule has 1 atom stereocenters. The van der Waals surface area contributed by atoms with E-state index in [1.54, 1.807) is 6.92 Å². The van der Waals surface area contributed by atoms with Gasteiger partial charge in [-0.25, -0.2) is 0 Å². The van der Waals surface area contributed by atoms with E-state index in [0.717, 1.165) is 43.2 Å². The first-order valence-electron chi connectivity index (χ1n) is 12.7. The number of rotatable bonds is 10. The number of anilines is 1. The summed E-state index contributed by atoms with van der Waals surface area (Å²) in [7, 11) is 0. The summed E-state index contributed by atoms with van der Waals surface area (Å²) >= 11 is 0. The quantitative estimate of drug-likeness (QED) is 0.160. The summed E-state index contributed by atoms with van der Waals surface area (Å²) in [5, 5.41) is 23.2. The molecule has 0 saturated carbocycles. The first kappa shape index (κ1) is 36.2. The Morgan fingerprint density at radius 3 is 2.55 bits per heavy atom. The number of hydrogen-bond acceptors (Lipinski definition) is 8. The van der Waals surface area contributed by atoms with E-state index in [1.165, 1.54) is 18.6 Å². The van der Waals surface area contributed by atoms with Crippen LogP contribution in [0.25, 0.3) is 11.3 Å². The number of ether oxygens (including phenoxy) is 2. The minimum absolute atomic E-state index is 0. The van der Waals surface area contributed by atoms with Gasteiger partial charge in [0.2, 0.25) is 0 Å². The molecule has 2 aromatic rings. The van der Waals surface area contributed by atoms with Gasteiger partial charge < -0.3 is 37.3 Å². The first-order chi connectivity index (χ1) is 18.0. The van der Waals surface area contributed by atoms with Crippen LogP contribution in [-0.4, -0.2) is 41.4 Å². The number of aromatic hydroxyl groups is 1. The smallest absolute Gasteiger partial charge is 0.545 e. The van der Waals surface area contributed by atoms with Crippen LogP contribution in [0.15, 0.2) is 12.1 Å². The predicted octanol–water partition coefficient (Wildman–Crippen LogP) is 5.71. The fourth-order valence-corrected chi connectivity index (χ4v) is 4.27. The number of alkyl halides is 2. The number of carbonyl (C=O) groups excluding carboxylic acids is 1. The summed E-state index contributed by atoms with van der Waals surface area (Å²) in [6.45, 7) is 10.5. The van der Waals surface area contributed by atoms with Crippen LogP contribution in [0.4, 0.5) is 14.6 Å². The van der Waals surface area contributed by atoms with Crippen LogP contribution in [0.1, 0.15) is 76.0 Å². The van der Waals surface area contributed by atoms with Crippen molar-refractivity contribution in [2.75, 3.05) is 11.9 Å². The van der Waals surface area contributed by atoms with E-state index < -0.39 is 6.61 Å². The van der Waals surface area contributed by atoms with Crippen LogP contribution in [0.5, 0.6) is 11.5 Å². The molecule has 3 rings (SSSR count). The maximum atomic E-state index is 12.7. The molecule has 0 aliphatic carbocycles. The molecule has 11 heteroatoms. The molecule has 1 unspecified atom stereocenters. The summed E-state index contributed by atoms with van der Waals surface area (Å²) in [5.74, 6) is 0.325. The number of nitrogens with one attached hydrogen (secondary N) is 1. The van der Waals surface area contributed by atoms with Gasteiger partial charge >= 0.3 is 37.7 Å². The summed E-state index contributed by atoms with van der Waals surface area (Å²) in [6, 6.07) is 2.89. The molecular weight excluding hydrogens is 720 g/mol. The monoisotopic (exact) mass is 760 g/mol. The Morgan fingerprint density at radius 1 is 1.24 bits per heavy atom. The fraction of sp³-hybridized carbons (Fsp3) is 0.556. The minimum atomic E-state index is -2.99. The first-order valence-corrected chi connectivity index (χ1v) is 12.7. The van der Waals surface area contributed by atoms with Crippen molar-refractivity contribution in [3.63, 3.8) is 0 Å². The van der Waals surface area contributed by atoms with Crippen molar-refractivity contribution >= 4 is 12.6 Å². The van der Waals surface area contributed by atoms with E-state index in [2.05, 4.69) is 47.8 Å². The second-order valence-corrected chi connectivity index (χ2v) is 8.31. The zero-order valence-corrected chi connectivity index (χ0v) is 26.7. The van der Waals surface area contributed by atoms with Crippen molar-refractivity contribution in [1.29, 1.82) is 0 Å². The molecule has 0 fully saturated rings. The van der Waals surface area contributed by atoms with Crippen molar-refractivity contribution in [3.05, 3.63) is 35.7 Å². The average Bonchev–Trinajstić information content (AvgIpc) is 2.99.